The van der Waals surface area contributed by atoms with Gasteiger partial charge in [-0.3, -0.25) is 9.59 Å². The first-order valence-corrected chi connectivity index (χ1v) is 12.7. The van der Waals surface area contributed by atoms with Crippen molar-refractivity contribution in [1.29, 1.82) is 0 Å². The maximum Gasteiger partial charge on any atom is 0.192 e. The molecule has 180 valence electrons. The van der Waals surface area contributed by atoms with Gasteiger partial charge in [-0.1, -0.05) is 68.4 Å². The van der Waals surface area contributed by atoms with E-state index in [1.54, 1.807) is 12.3 Å². The largest absolute Gasteiger partial charge is 0.492 e. The van der Waals surface area contributed by atoms with E-state index >= 15 is 0 Å². The average Bonchev–Trinajstić information content (AvgIpc) is 3.37. The summed E-state index contributed by atoms with van der Waals surface area (Å²) in [5.41, 5.74) is 9.09. The number of carbonyl (C=O) groups excluding carboxylic acids is 1. The van der Waals surface area contributed by atoms with Crippen LogP contribution in [0.4, 0.5) is 0 Å². The highest BCUT2D eigenvalue weighted by Gasteiger charge is 2.33. The molecule has 0 N–H and O–H groups in total. The van der Waals surface area contributed by atoms with E-state index in [2.05, 4.69) is 73.0 Å². The summed E-state index contributed by atoms with van der Waals surface area (Å²) in [4.78, 5) is 25.0. The molecule has 4 aromatic rings. The van der Waals surface area contributed by atoms with Crippen molar-refractivity contribution in [2.24, 2.45) is 5.92 Å². The zero-order valence-corrected chi connectivity index (χ0v) is 20.9. The van der Waals surface area contributed by atoms with Crippen molar-refractivity contribution in [2.75, 3.05) is 6.61 Å². The monoisotopic (exact) mass is 475 g/mol. The van der Waals surface area contributed by atoms with E-state index in [0.29, 0.717) is 12.5 Å². The lowest BCUT2D eigenvalue weighted by Gasteiger charge is -2.34. The summed E-state index contributed by atoms with van der Waals surface area (Å²) >= 11 is 0. The van der Waals surface area contributed by atoms with Crippen LogP contribution in [0.3, 0.4) is 0 Å². The zero-order chi connectivity index (χ0) is 25.0. The Morgan fingerprint density at radius 2 is 1.67 bits per heavy atom. The molecule has 6 rings (SSSR count). The Labute approximate surface area is 211 Å². The van der Waals surface area contributed by atoms with E-state index in [1.165, 1.54) is 29.2 Å². The second-order valence-corrected chi connectivity index (χ2v) is 10.2. The Balaban J connectivity index is 1.52. The fourth-order valence-corrected chi connectivity index (χ4v) is 5.78. The van der Waals surface area contributed by atoms with Crippen LogP contribution in [0.5, 0.6) is 5.75 Å². The van der Waals surface area contributed by atoms with Crippen molar-refractivity contribution < 1.29 is 9.53 Å². The van der Waals surface area contributed by atoms with Crippen LogP contribution in [0.25, 0.3) is 33.5 Å². The number of hydrogen-bond donors (Lipinski definition) is 0. The number of carbonyl (C=O) groups is 1. The molecule has 36 heavy (non-hydrogen) atoms. The predicted octanol–water partition coefficient (Wildman–Crippen LogP) is 6.74. The summed E-state index contributed by atoms with van der Waals surface area (Å²) < 4.78 is 8.37. The van der Waals surface area contributed by atoms with Crippen LogP contribution in [0.15, 0.2) is 77.7 Å². The Morgan fingerprint density at radius 1 is 0.972 bits per heavy atom. The highest BCUT2D eigenvalue weighted by molar-refractivity contribution is 5.94. The van der Waals surface area contributed by atoms with Crippen LogP contribution in [0.2, 0.25) is 0 Å². The van der Waals surface area contributed by atoms with E-state index in [9.17, 15) is 9.59 Å². The molecular formula is C32H29NO3. The van der Waals surface area contributed by atoms with Crippen molar-refractivity contribution in [3.63, 3.8) is 0 Å². The smallest absolute Gasteiger partial charge is 0.192 e. The molecule has 4 nitrogen and oxygen atoms in total. The van der Waals surface area contributed by atoms with E-state index in [0.717, 1.165) is 41.0 Å². The van der Waals surface area contributed by atoms with Crippen LogP contribution in [-0.4, -0.2) is 17.0 Å². The van der Waals surface area contributed by atoms with Crippen molar-refractivity contribution in [3.8, 4) is 39.3 Å². The average molecular weight is 476 g/mol. The SMILES string of the molecule is CC(=O)c1cn2c(cc1=O)-c1c(cc(-c3ccc(-c4ccccc4)cc3)c3c1CCO3)CC2C(C)C. The van der Waals surface area contributed by atoms with E-state index < -0.39 is 0 Å². The lowest BCUT2D eigenvalue weighted by Crippen LogP contribution is -2.28. The zero-order valence-electron chi connectivity index (χ0n) is 20.9. The molecule has 1 unspecified atom stereocenters. The molecule has 4 heteroatoms. The fraction of sp³-hybridized carbons (Fsp3) is 0.250. The van der Waals surface area contributed by atoms with Gasteiger partial charge in [0.05, 0.1) is 17.9 Å². The van der Waals surface area contributed by atoms with Crippen LogP contribution in [-0.2, 0) is 12.8 Å². The first-order chi connectivity index (χ1) is 17.4. The van der Waals surface area contributed by atoms with Gasteiger partial charge >= 0.3 is 0 Å². The molecule has 0 spiro atoms. The molecule has 3 heterocycles. The Kier molecular flexibility index (Phi) is 5.40. The second kappa shape index (κ2) is 8.63. The van der Waals surface area contributed by atoms with Gasteiger partial charge in [-0.2, -0.15) is 0 Å². The number of hydrogen-bond acceptors (Lipinski definition) is 3. The van der Waals surface area contributed by atoms with Crippen LogP contribution in [0, 0.1) is 5.92 Å². The molecule has 0 saturated carbocycles. The molecule has 0 radical (unpaired) electrons. The van der Waals surface area contributed by atoms with Gasteiger partial charge in [-0.15, -0.1) is 0 Å². The van der Waals surface area contributed by atoms with Crippen molar-refractivity contribution >= 4 is 5.78 Å². The van der Waals surface area contributed by atoms with Gasteiger partial charge < -0.3 is 9.30 Å². The van der Waals surface area contributed by atoms with Crippen LogP contribution in [0.1, 0.15) is 48.3 Å². The van der Waals surface area contributed by atoms with E-state index in [-0.39, 0.29) is 22.8 Å². The van der Waals surface area contributed by atoms with Gasteiger partial charge in [0.15, 0.2) is 11.2 Å². The van der Waals surface area contributed by atoms with Crippen molar-refractivity contribution in [3.05, 3.63) is 99.8 Å². The minimum atomic E-state index is -0.211. The molecule has 0 bridgehead atoms. The number of aromatic nitrogens is 1. The minimum absolute atomic E-state index is 0.167. The van der Waals surface area contributed by atoms with Crippen LogP contribution < -0.4 is 10.2 Å². The maximum atomic E-state index is 12.9. The molecule has 0 amide bonds. The van der Waals surface area contributed by atoms with Gasteiger partial charge in [-0.05, 0) is 47.6 Å². The first kappa shape index (κ1) is 22.5. The number of fused-ring (bicyclic) bond motifs is 5. The Hall–Kier alpha value is -3.92. The minimum Gasteiger partial charge on any atom is -0.492 e. The number of Topliss-reactive ketones (excluding diaryl/α,β-unsaturated/α-hetero) is 1. The Bertz CT molecular complexity index is 1550. The lowest BCUT2D eigenvalue weighted by molar-refractivity contribution is 0.101. The van der Waals surface area contributed by atoms with E-state index in [4.69, 9.17) is 4.74 Å². The van der Waals surface area contributed by atoms with Crippen LogP contribution >= 0.6 is 0 Å². The molecule has 2 aliphatic heterocycles. The van der Waals surface area contributed by atoms with Gasteiger partial charge in [0.2, 0.25) is 0 Å². The third-order valence-corrected chi connectivity index (χ3v) is 7.63. The van der Waals surface area contributed by atoms with Gasteiger partial charge in [-0.25, -0.2) is 0 Å². The number of ether oxygens (including phenoxy) is 1. The number of pyridine rings is 1. The molecule has 2 aliphatic rings. The van der Waals surface area contributed by atoms with Crippen molar-refractivity contribution in [1.82, 2.24) is 4.57 Å². The van der Waals surface area contributed by atoms with Gasteiger partial charge in [0, 0.05) is 41.4 Å². The lowest BCUT2D eigenvalue weighted by atomic mass is 9.82. The number of benzene rings is 3. The standard InChI is InChI=1S/C32H29NO3/c1-19(2)28-16-24-15-26(23-11-9-22(10-12-23)21-7-5-4-6-8-21)32-25(13-14-36-32)31(24)29-17-30(35)27(20(3)34)18-33(28)29/h4-12,15,17-19,28H,13-14,16H2,1-3H3. The van der Waals surface area contributed by atoms with Gasteiger partial charge in [0.1, 0.15) is 5.75 Å². The first-order valence-electron chi connectivity index (χ1n) is 12.7. The summed E-state index contributed by atoms with van der Waals surface area (Å²) in [6, 6.07) is 23.2. The normalized spacial score (nSPS) is 15.7. The summed E-state index contributed by atoms with van der Waals surface area (Å²) in [7, 11) is 0. The molecule has 0 aliphatic carbocycles. The highest BCUT2D eigenvalue weighted by atomic mass is 16.5. The molecule has 3 aromatic carbocycles. The number of nitrogens with zero attached hydrogens (tertiary/aromatic N) is 1. The quantitative estimate of drug-likeness (QED) is 0.307. The summed E-state index contributed by atoms with van der Waals surface area (Å²) in [6.45, 7) is 6.49. The third kappa shape index (κ3) is 3.60. The molecule has 1 aromatic heterocycles. The number of ketones is 1. The number of rotatable bonds is 4. The molecular weight excluding hydrogens is 446 g/mol. The summed E-state index contributed by atoms with van der Waals surface area (Å²) in [5.74, 6) is 1.07. The van der Waals surface area contributed by atoms with Crippen molar-refractivity contribution in [2.45, 2.75) is 39.7 Å². The third-order valence-electron chi connectivity index (χ3n) is 7.63. The molecule has 0 fully saturated rings. The summed E-state index contributed by atoms with van der Waals surface area (Å²) in [6.07, 6.45) is 3.44. The molecule has 0 saturated heterocycles. The summed E-state index contributed by atoms with van der Waals surface area (Å²) in [5, 5.41) is 0. The fourth-order valence-electron chi connectivity index (χ4n) is 5.78. The van der Waals surface area contributed by atoms with E-state index in [1.807, 2.05) is 6.07 Å². The highest BCUT2D eigenvalue weighted by Crippen LogP contribution is 2.48. The maximum absolute atomic E-state index is 12.9. The topological polar surface area (TPSA) is 48.3 Å². The predicted molar refractivity (Wildman–Crippen MR) is 144 cm³/mol. The second-order valence-electron chi connectivity index (χ2n) is 10.2. The molecule has 1 atom stereocenters. The van der Waals surface area contributed by atoms with Gasteiger partial charge in [0.25, 0.3) is 0 Å². The Morgan fingerprint density at radius 3 is 2.36 bits per heavy atom.